The molecule has 0 amide bonds. The van der Waals surface area contributed by atoms with E-state index < -0.39 is 0 Å². The van der Waals surface area contributed by atoms with Crippen LogP contribution in [-0.2, 0) is 4.74 Å². The van der Waals surface area contributed by atoms with Gasteiger partial charge in [0, 0.05) is 45.4 Å². The van der Waals surface area contributed by atoms with E-state index in [-0.39, 0.29) is 0 Å². The summed E-state index contributed by atoms with van der Waals surface area (Å²) in [6.45, 7) is 10.9. The van der Waals surface area contributed by atoms with Crippen molar-refractivity contribution < 1.29 is 4.74 Å². The molecule has 0 aromatic carbocycles. The standard InChI is InChI=1S/C12H26N2O/c1-3-6-12-11-14(9-7-13-12)8-5-10-15-4-2/h12-13H,3-11H2,1-2H3. The first-order chi connectivity index (χ1) is 7.36. The summed E-state index contributed by atoms with van der Waals surface area (Å²) >= 11 is 0. The molecular weight excluding hydrogens is 188 g/mol. The summed E-state index contributed by atoms with van der Waals surface area (Å²) in [7, 11) is 0. The minimum atomic E-state index is 0.718. The van der Waals surface area contributed by atoms with Crippen LogP contribution in [0.25, 0.3) is 0 Å². The predicted molar refractivity (Wildman–Crippen MR) is 64.2 cm³/mol. The van der Waals surface area contributed by atoms with Crippen LogP contribution in [0.4, 0.5) is 0 Å². The monoisotopic (exact) mass is 214 g/mol. The Bertz CT molecular complexity index is 151. The first kappa shape index (κ1) is 12.9. The van der Waals surface area contributed by atoms with Gasteiger partial charge in [0.1, 0.15) is 0 Å². The molecule has 0 aromatic rings. The normalized spacial score (nSPS) is 23.2. The summed E-state index contributed by atoms with van der Waals surface area (Å²) in [5.74, 6) is 0. The molecule has 0 aromatic heterocycles. The topological polar surface area (TPSA) is 24.5 Å². The molecule has 1 rings (SSSR count). The molecule has 0 spiro atoms. The van der Waals surface area contributed by atoms with Crippen LogP contribution in [0.1, 0.15) is 33.1 Å². The van der Waals surface area contributed by atoms with Crippen LogP contribution in [0.5, 0.6) is 0 Å². The van der Waals surface area contributed by atoms with Gasteiger partial charge in [-0.15, -0.1) is 0 Å². The highest BCUT2D eigenvalue weighted by Gasteiger charge is 2.17. The third-order valence-corrected chi connectivity index (χ3v) is 2.94. The summed E-state index contributed by atoms with van der Waals surface area (Å²) in [4.78, 5) is 2.57. The lowest BCUT2D eigenvalue weighted by Gasteiger charge is -2.33. The fourth-order valence-electron chi connectivity index (χ4n) is 2.17. The number of nitrogens with one attached hydrogen (secondary N) is 1. The van der Waals surface area contributed by atoms with Gasteiger partial charge in [-0.25, -0.2) is 0 Å². The van der Waals surface area contributed by atoms with Gasteiger partial charge in [-0.3, -0.25) is 0 Å². The van der Waals surface area contributed by atoms with Crippen LogP contribution in [0.3, 0.4) is 0 Å². The minimum Gasteiger partial charge on any atom is -0.382 e. The maximum atomic E-state index is 5.36. The van der Waals surface area contributed by atoms with Crippen LogP contribution in [-0.4, -0.2) is 50.3 Å². The van der Waals surface area contributed by atoms with Crippen molar-refractivity contribution in [2.75, 3.05) is 39.4 Å². The third-order valence-electron chi connectivity index (χ3n) is 2.94. The van der Waals surface area contributed by atoms with E-state index in [9.17, 15) is 0 Å². The van der Waals surface area contributed by atoms with Crippen molar-refractivity contribution in [2.45, 2.75) is 39.2 Å². The second-order valence-electron chi connectivity index (χ2n) is 4.29. The van der Waals surface area contributed by atoms with E-state index in [1.54, 1.807) is 0 Å². The number of hydrogen-bond donors (Lipinski definition) is 1. The Morgan fingerprint density at radius 2 is 2.27 bits per heavy atom. The van der Waals surface area contributed by atoms with Crippen molar-refractivity contribution >= 4 is 0 Å². The molecule has 15 heavy (non-hydrogen) atoms. The first-order valence-electron chi connectivity index (χ1n) is 6.40. The van der Waals surface area contributed by atoms with Crippen molar-refractivity contribution in [3.05, 3.63) is 0 Å². The van der Waals surface area contributed by atoms with Crippen LogP contribution in [0.2, 0.25) is 0 Å². The fraction of sp³-hybridized carbons (Fsp3) is 1.00. The van der Waals surface area contributed by atoms with E-state index in [4.69, 9.17) is 4.74 Å². The summed E-state index contributed by atoms with van der Waals surface area (Å²) < 4.78 is 5.36. The highest BCUT2D eigenvalue weighted by atomic mass is 16.5. The first-order valence-corrected chi connectivity index (χ1v) is 6.40. The van der Waals surface area contributed by atoms with Crippen molar-refractivity contribution in [1.29, 1.82) is 0 Å². The highest BCUT2D eigenvalue weighted by Crippen LogP contribution is 2.05. The quantitative estimate of drug-likeness (QED) is 0.650. The molecule has 0 aliphatic carbocycles. The van der Waals surface area contributed by atoms with Crippen LogP contribution < -0.4 is 5.32 Å². The van der Waals surface area contributed by atoms with Crippen molar-refractivity contribution in [2.24, 2.45) is 0 Å². The maximum absolute atomic E-state index is 5.36. The Hall–Kier alpha value is -0.120. The Morgan fingerprint density at radius 3 is 3.00 bits per heavy atom. The molecule has 1 heterocycles. The van der Waals surface area contributed by atoms with E-state index in [1.165, 1.54) is 38.9 Å². The SMILES string of the molecule is CCCC1CN(CCCOCC)CCN1. The zero-order valence-electron chi connectivity index (χ0n) is 10.3. The highest BCUT2D eigenvalue weighted by molar-refractivity contribution is 4.77. The number of hydrogen-bond acceptors (Lipinski definition) is 3. The van der Waals surface area contributed by atoms with Gasteiger partial charge < -0.3 is 15.0 Å². The number of rotatable bonds is 7. The van der Waals surface area contributed by atoms with Gasteiger partial charge in [-0.2, -0.15) is 0 Å². The van der Waals surface area contributed by atoms with Gasteiger partial charge in [0.15, 0.2) is 0 Å². The fourth-order valence-corrected chi connectivity index (χ4v) is 2.17. The predicted octanol–water partition coefficient (Wildman–Crippen LogP) is 1.49. The number of piperazine rings is 1. The molecule has 0 saturated carbocycles. The number of nitrogens with zero attached hydrogens (tertiary/aromatic N) is 1. The molecule has 3 nitrogen and oxygen atoms in total. The second kappa shape index (κ2) is 8.08. The average molecular weight is 214 g/mol. The van der Waals surface area contributed by atoms with E-state index in [2.05, 4.69) is 24.1 Å². The summed E-state index contributed by atoms with van der Waals surface area (Å²) in [6, 6.07) is 0.718. The van der Waals surface area contributed by atoms with Crippen molar-refractivity contribution in [1.82, 2.24) is 10.2 Å². The molecule has 1 saturated heterocycles. The van der Waals surface area contributed by atoms with Gasteiger partial charge in [0.05, 0.1) is 0 Å². The molecule has 1 atom stereocenters. The number of ether oxygens (including phenoxy) is 1. The molecule has 0 bridgehead atoms. The van der Waals surface area contributed by atoms with Gasteiger partial charge >= 0.3 is 0 Å². The Morgan fingerprint density at radius 1 is 1.40 bits per heavy atom. The van der Waals surface area contributed by atoms with Gasteiger partial charge in [-0.1, -0.05) is 13.3 Å². The van der Waals surface area contributed by atoms with Crippen molar-refractivity contribution in [3.8, 4) is 0 Å². The zero-order chi connectivity index (χ0) is 10.9. The molecule has 3 heteroatoms. The van der Waals surface area contributed by atoms with Crippen LogP contribution in [0, 0.1) is 0 Å². The second-order valence-corrected chi connectivity index (χ2v) is 4.29. The van der Waals surface area contributed by atoms with Crippen molar-refractivity contribution in [3.63, 3.8) is 0 Å². The van der Waals surface area contributed by atoms with Crippen LogP contribution >= 0.6 is 0 Å². The lowest BCUT2D eigenvalue weighted by molar-refractivity contribution is 0.122. The van der Waals surface area contributed by atoms with E-state index in [0.29, 0.717) is 0 Å². The largest absolute Gasteiger partial charge is 0.382 e. The van der Waals surface area contributed by atoms with E-state index >= 15 is 0 Å². The molecule has 90 valence electrons. The van der Waals surface area contributed by atoms with Gasteiger partial charge in [0.25, 0.3) is 0 Å². The molecular formula is C12H26N2O. The lowest BCUT2D eigenvalue weighted by Crippen LogP contribution is -2.50. The third kappa shape index (κ3) is 5.50. The van der Waals surface area contributed by atoms with Gasteiger partial charge in [-0.05, 0) is 19.8 Å². The molecule has 1 aliphatic rings. The Labute approximate surface area is 94.2 Å². The lowest BCUT2D eigenvalue weighted by atomic mass is 10.1. The van der Waals surface area contributed by atoms with Gasteiger partial charge in [0.2, 0.25) is 0 Å². The van der Waals surface area contributed by atoms with Crippen LogP contribution in [0.15, 0.2) is 0 Å². The maximum Gasteiger partial charge on any atom is 0.0478 e. The molecule has 1 aliphatic heterocycles. The molecule has 0 radical (unpaired) electrons. The Balaban J connectivity index is 2.07. The minimum absolute atomic E-state index is 0.718. The smallest absolute Gasteiger partial charge is 0.0478 e. The Kier molecular flexibility index (Phi) is 6.98. The summed E-state index contributed by atoms with van der Waals surface area (Å²) in [6.07, 6.45) is 3.76. The molecule has 1 unspecified atom stereocenters. The summed E-state index contributed by atoms with van der Waals surface area (Å²) in [5.41, 5.74) is 0. The molecule has 1 N–H and O–H groups in total. The van der Waals surface area contributed by atoms with E-state index in [0.717, 1.165) is 25.8 Å². The van der Waals surface area contributed by atoms with E-state index in [1.807, 2.05) is 0 Å². The molecule has 1 fully saturated rings. The summed E-state index contributed by atoms with van der Waals surface area (Å²) in [5, 5.41) is 3.58. The average Bonchev–Trinajstić information content (AvgIpc) is 2.26. The zero-order valence-corrected chi connectivity index (χ0v) is 10.3.